The number of aromatic nitrogens is 1. The minimum atomic E-state index is -0.412. The van der Waals surface area contributed by atoms with Crippen LogP contribution in [0.2, 0.25) is 0 Å². The van der Waals surface area contributed by atoms with Gasteiger partial charge in [0.25, 0.3) is 5.56 Å². The van der Waals surface area contributed by atoms with Crippen LogP contribution < -0.4 is 5.56 Å². The third kappa shape index (κ3) is 3.38. The SMILES string of the molecule is Cc1c(C=Nc2ccc(Br)cc2)c(O)n(C2CCCC2)c(=O)c1C#N. The van der Waals surface area contributed by atoms with E-state index in [1.807, 2.05) is 30.3 Å². The molecule has 1 heterocycles. The molecule has 0 spiro atoms. The number of nitrogens with zero attached hydrogens (tertiary/aromatic N) is 3. The molecule has 5 nitrogen and oxygen atoms in total. The highest BCUT2D eigenvalue weighted by atomic mass is 79.9. The number of pyridine rings is 1. The molecule has 0 saturated heterocycles. The van der Waals surface area contributed by atoms with Gasteiger partial charge in [0.15, 0.2) is 0 Å². The van der Waals surface area contributed by atoms with E-state index in [0.29, 0.717) is 11.1 Å². The number of nitriles is 1. The third-order valence-electron chi connectivity index (χ3n) is 4.65. The Bertz CT molecular complexity index is 918. The van der Waals surface area contributed by atoms with Gasteiger partial charge in [-0.3, -0.25) is 14.4 Å². The molecule has 1 aromatic heterocycles. The van der Waals surface area contributed by atoms with E-state index in [9.17, 15) is 15.2 Å². The molecule has 1 aliphatic carbocycles. The molecule has 0 amide bonds. The lowest BCUT2D eigenvalue weighted by molar-refractivity contribution is 0.368. The first-order chi connectivity index (χ1) is 12.0. The Morgan fingerprint density at radius 1 is 1.32 bits per heavy atom. The molecule has 1 N–H and O–H groups in total. The second-order valence-electron chi connectivity index (χ2n) is 6.20. The van der Waals surface area contributed by atoms with Crippen molar-refractivity contribution in [2.24, 2.45) is 4.99 Å². The summed E-state index contributed by atoms with van der Waals surface area (Å²) >= 11 is 3.37. The summed E-state index contributed by atoms with van der Waals surface area (Å²) in [5.41, 5.74) is 1.26. The van der Waals surface area contributed by atoms with Crippen molar-refractivity contribution >= 4 is 27.8 Å². The quantitative estimate of drug-likeness (QED) is 0.778. The van der Waals surface area contributed by atoms with Gasteiger partial charge >= 0.3 is 0 Å². The van der Waals surface area contributed by atoms with Gasteiger partial charge in [-0.2, -0.15) is 5.26 Å². The summed E-state index contributed by atoms with van der Waals surface area (Å²) < 4.78 is 2.33. The molecule has 0 bridgehead atoms. The normalized spacial score (nSPS) is 14.9. The van der Waals surface area contributed by atoms with E-state index < -0.39 is 5.56 Å². The summed E-state index contributed by atoms with van der Waals surface area (Å²) in [6.07, 6.45) is 5.25. The molecule has 0 unspecified atom stereocenters. The van der Waals surface area contributed by atoms with E-state index >= 15 is 0 Å². The largest absolute Gasteiger partial charge is 0.494 e. The molecule has 1 saturated carbocycles. The average Bonchev–Trinajstić information content (AvgIpc) is 3.11. The zero-order valence-corrected chi connectivity index (χ0v) is 15.5. The minimum Gasteiger partial charge on any atom is -0.494 e. The zero-order chi connectivity index (χ0) is 18.0. The standard InChI is InChI=1S/C19H18BrN3O2/c1-12-16(10-21)18(24)23(15-4-2-3-5-15)19(25)17(12)11-22-14-8-6-13(20)7-9-14/h6-9,11,15,25H,2-5H2,1H3. The minimum absolute atomic E-state index is 0.0555. The number of halogens is 1. The van der Waals surface area contributed by atoms with Gasteiger partial charge < -0.3 is 5.11 Å². The molecule has 0 radical (unpaired) electrons. The van der Waals surface area contributed by atoms with Crippen LogP contribution in [-0.4, -0.2) is 15.9 Å². The van der Waals surface area contributed by atoms with Crippen LogP contribution in [0.1, 0.15) is 48.4 Å². The fraction of sp³-hybridized carbons (Fsp3) is 0.316. The Balaban J connectivity index is 2.12. The van der Waals surface area contributed by atoms with Crippen molar-refractivity contribution in [3.8, 4) is 11.9 Å². The van der Waals surface area contributed by atoms with Crippen molar-refractivity contribution < 1.29 is 5.11 Å². The monoisotopic (exact) mass is 399 g/mol. The van der Waals surface area contributed by atoms with Crippen molar-refractivity contribution in [1.29, 1.82) is 5.26 Å². The summed E-state index contributed by atoms with van der Waals surface area (Å²) in [6.45, 7) is 1.67. The summed E-state index contributed by atoms with van der Waals surface area (Å²) in [7, 11) is 0. The molecule has 2 aromatic rings. The van der Waals surface area contributed by atoms with Crippen molar-refractivity contribution in [2.75, 3.05) is 0 Å². The van der Waals surface area contributed by atoms with Gasteiger partial charge in [0.2, 0.25) is 5.88 Å². The maximum atomic E-state index is 12.6. The lowest BCUT2D eigenvalue weighted by Crippen LogP contribution is -2.28. The van der Waals surface area contributed by atoms with Crippen molar-refractivity contribution in [1.82, 2.24) is 4.57 Å². The number of hydrogen-bond donors (Lipinski definition) is 1. The topological polar surface area (TPSA) is 78.4 Å². The van der Waals surface area contributed by atoms with Crippen molar-refractivity contribution in [2.45, 2.75) is 38.6 Å². The third-order valence-corrected chi connectivity index (χ3v) is 5.18. The first kappa shape index (κ1) is 17.4. The van der Waals surface area contributed by atoms with Crippen LogP contribution in [0.4, 0.5) is 5.69 Å². The van der Waals surface area contributed by atoms with Gasteiger partial charge in [0, 0.05) is 16.7 Å². The zero-order valence-electron chi connectivity index (χ0n) is 13.9. The summed E-state index contributed by atoms with van der Waals surface area (Å²) in [4.78, 5) is 17.0. The predicted octanol–water partition coefficient (Wildman–Crippen LogP) is 4.36. The summed E-state index contributed by atoms with van der Waals surface area (Å²) in [5.74, 6) is -0.103. The van der Waals surface area contributed by atoms with Gasteiger partial charge in [-0.1, -0.05) is 28.8 Å². The first-order valence-corrected chi connectivity index (χ1v) is 9.00. The second kappa shape index (κ2) is 7.24. The Hall–Kier alpha value is -2.39. The molecule has 128 valence electrons. The highest BCUT2D eigenvalue weighted by Gasteiger charge is 2.25. The molecule has 1 fully saturated rings. The first-order valence-electron chi connectivity index (χ1n) is 8.20. The van der Waals surface area contributed by atoms with E-state index in [1.165, 1.54) is 10.8 Å². The number of benzene rings is 1. The van der Waals surface area contributed by atoms with Gasteiger partial charge in [-0.15, -0.1) is 0 Å². The van der Waals surface area contributed by atoms with Crippen molar-refractivity contribution in [3.63, 3.8) is 0 Å². The molecule has 25 heavy (non-hydrogen) atoms. The van der Waals surface area contributed by atoms with Crippen molar-refractivity contribution in [3.05, 3.63) is 55.8 Å². The van der Waals surface area contributed by atoms with Crippen LogP contribution in [-0.2, 0) is 0 Å². The Kier molecular flexibility index (Phi) is 5.05. The van der Waals surface area contributed by atoms with Crippen LogP contribution >= 0.6 is 15.9 Å². The Labute approximate surface area is 154 Å². The van der Waals surface area contributed by atoms with Gasteiger partial charge in [0.1, 0.15) is 11.6 Å². The average molecular weight is 400 g/mol. The van der Waals surface area contributed by atoms with Crippen LogP contribution in [0, 0.1) is 18.3 Å². The lowest BCUT2D eigenvalue weighted by Gasteiger charge is -2.19. The maximum Gasteiger partial charge on any atom is 0.271 e. The van der Waals surface area contributed by atoms with E-state index in [0.717, 1.165) is 35.8 Å². The molecule has 3 rings (SSSR count). The highest BCUT2D eigenvalue weighted by molar-refractivity contribution is 9.10. The summed E-state index contributed by atoms with van der Waals surface area (Å²) in [6, 6.07) is 9.36. The lowest BCUT2D eigenvalue weighted by atomic mass is 10.0. The fourth-order valence-electron chi connectivity index (χ4n) is 3.26. The molecule has 0 atom stereocenters. The molecule has 6 heteroatoms. The number of rotatable bonds is 3. The molecular weight excluding hydrogens is 382 g/mol. The number of aliphatic imine (C=N–C) groups is 1. The number of aromatic hydroxyl groups is 1. The Morgan fingerprint density at radius 3 is 2.56 bits per heavy atom. The van der Waals surface area contributed by atoms with E-state index in [4.69, 9.17) is 0 Å². The Morgan fingerprint density at radius 2 is 1.96 bits per heavy atom. The molecular formula is C19H18BrN3O2. The van der Waals surface area contributed by atoms with Crippen LogP contribution in [0.5, 0.6) is 5.88 Å². The smallest absolute Gasteiger partial charge is 0.271 e. The molecule has 1 aliphatic rings. The van der Waals surface area contributed by atoms with Crippen LogP contribution in [0.25, 0.3) is 0 Å². The molecule has 1 aromatic carbocycles. The van der Waals surface area contributed by atoms with Gasteiger partial charge in [-0.25, -0.2) is 0 Å². The van der Waals surface area contributed by atoms with E-state index in [2.05, 4.69) is 20.9 Å². The van der Waals surface area contributed by atoms with E-state index in [-0.39, 0.29) is 17.5 Å². The van der Waals surface area contributed by atoms with E-state index in [1.54, 1.807) is 6.92 Å². The van der Waals surface area contributed by atoms with Crippen LogP contribution in [0.15, 0.2) is 38.5 Å². The van der Waals surface area contributed by atoms with Gasteiger partial charge in [0.05, 0.1) is 11.3 Å². The van der Waals surface area contributed by atoms with Gasteiger partial charge in [-0.05, 0) is 49.6 Å². The molecule has 0 aliphatic heterocycles. The predicted molar refractivity (Wildman–Crippen MR) is 101 cm³/mol. The highest BCUT2D eigenvalue weighted by Crippen LogP contribution is 2.33. The fourth-order valence-corrected chi connectivity index (χ4v) is 3.53. The number of hydrogen-bond acceptors (Lipinski definition) is 4. The summed E-state index contributed by atoms with van der Waals surface area (Å²) in [5, 5.41) is 20.1. The van der Waals surface area contributed by atoms with Crippen LogP contribution in [0.3, 0.4) is 0 Å². The second-order valence-corrected chi connectivity index (χ2v) is 7.11. The maximum absolute atomic E-state index is 12.6.